The number of hydroxylamine groups is 2. The van der Waals surface area contributed by atoms with Gasteiger partial charge in [-0.3, -0.25) is 14.5 Å². The molecule has 3 atom stereocenters. The van der Waals surface area contributed by atoms with Crippen LogP contribution < -0.4 is 0 Å². The SMILES string of the molecule is O=C(O)C(F)(F)F.O=C([C@@H]1CCO[C@@H]2CCN(Cc3ccoc3)C[C@H]21)N1CCCCO1. The molecule has 0 spiro atoms. The van der Waals surface area contributed by atoms with Crippen LogP contribution in [0.3, 0.4) is 0 Å². The second kappa shape index (κ2) is 10.5. The molecule has 1 amide bonds. The number of furan rings is 1. The topological polar surface area (TPSA) is 92.4 Å². The Hall–Kier alpha value is -2.11. The molecule has 3 fully saturated rings. The number of carbonyl (C=O) groups is 2. The molecule has 31 heavy (non-hydrogen) atoms. The first kappa shape index (κ1) is 23.6. The second-order valence-electron chi connectivity index (χ2n) is 7.91. The van der Waals surface area contributed by atoms with Gasteiger partial charge in [-0.2, -0.15) is 13.2 Å². The van der Waals surface area contributed by atoms with Crippen LogP contribution in [0.1, 0.15) is 31.2 Å². The molecule has 0 unspecified atom stereocenters. The lowest BCUT2D eigenvalue weighted by Crippen LogP contribution is -2.54. The Morgan fingerprint density at radius 3 is 2.55 bits per heavy atom. The second-order valence-corrected chi connectivity index (χ2v) is 7.91. The van der Waals surface area contributed by atoms with Crippen LogP contribution in [0, 0.1) is 11.8 Å². The predicted molar refractivity (Wildman–Crippen MR) is 101 cm³/mol. The Morgan fingerprint density at radius 1 is 1.16 bits per heavy atom. The number of likely N-dealkylation sites (tertiary alicyclic amines) is 1. The van der Waals surface area contributed by atoms with Gasteiger partial charge in [0.1, 0.15) is 0 Å². The number of halogens is 3. The largest absolute Gasteiger partial charge is 0.490 e. The molecular formula is C20H27F3N2O6. The van der Waals surface area contributed by atoms with Crippen molar-refractivity contribution in [2.75, 3.05) is 32.8 Å². The standard InChI is InChI=1S/C18H26N2O4.C2HF3O2/c21-18(20-6-1-2-8-24-20)15-5-10-23-17-3-7-19(12-16(15)17)11-14-4-9-22-13-14;3-2(4,5)1(6)7/h4,9,13,15-17H,1-3,5-8,10-12H2;(H,6,7)/t15-,16+,17-;/m1./s1. The van der Waals surface area contributed by atoms with E-state index in [4.69, 9.17) is 23.9 Å². The van der Waals surface area contributed by atoms with E-state index < -0.39 is 12.1 Å². The van der Waals surface area contributed by atoms with Crippen molar-refractivity contribution in [3.63, 3.8) is 0 Å². The number of alkyl halides is 3. The van der Waals surface area contributed by atoms with E-state index in [-0.39, 0.29) is 23.8 Å². The zero-order valence-electron chi connectivity index (χ0n) is 17.1. The number of piperidine rings is 1. The van der Waals surface area contributed by atoms with Gasteiger partial charge in [0.15, 0.2) is 0 Å². The molecular weight excluding hydrogens is 421 g/mol. The monoisotopic (exact) mass is 448 g/mol. The molecule has 0 radical (unpaired) electrons. The molecule has 0 saturated carbocycles. The average Bonchev–Trinajstić information content (AvgIpc) is 3.26. The Bertz CT molecular complexity index is 721. The summed E-state index contributed by atoms with van der Waals surface area (Å²) in [5, 5.41) is 8.74. The van der Waals surface area contributed by atoms with E-state index in [1.165, 1.54) is 5.56 Å². The van der Waals surface area contributed by atoms with Crippen LogP contribution in [-0.2, 0) is 25.7 Å². The number of nitrogens with zero attached hydrogens (tertiary/aromatic N) is 2. The first-order chi connectivity index (χ1) is 14.8. The van der Waals surface area contributed by atoms with Crippen molar-refractivity contribution in [2.24, 2.45) is 11.8 Å². The summed E-state index contributed by atoms with van der Waals surface area (Å²) in [5.74, 6) is -2.31. The van der Waals surface area contributed by atoms with Gasteiger partial charge in [-0.1, -0.05) is 0 Å². The number of carbonyl (C=O) groups excluding carboxylic acids is 1. The molecule has 3 saturated heterocycles. The highest BCUT2D eigenvalue weighted by molar-refractivity contribution is 5.78. The molecule has 3 aliphatic rings. The minimum atomic E-state index is -5.08. The van der Waals surface area contributed by atoms with Gasteiger partial charge in [0.05, 0.1) is 25.2 Å². The van der Waals surface area contributed by atoms with E-state index in [1.807, 2.05) is 6.07 Å². The van der Waals surface area contributed by atoms with Gasteiger partial charge in [0.25, 0.3) is 0 Å². The van der Waals surface area contributed by atoms with E-state index in [0.29, 0.717) is 13.2 Å². The lowest BCUT2D eigenvalue weighted by Gasteiger charge is -2.45. The Morgan fingerprint density at radius 2 is 1.94 bits per heavy atom. The molecule has 1 aromatic heterocycles. The van der Waals surface area contributed by atoms with Crippen molar-refractivity contribution >= 4 is 11.9 Å². The van der Waals surface area contributed by atoms with Gasteiger partial charge >= 0.3 is 12.1 Å². The van der Waals surface area contributed by atoms with Crippen LogP contribution in [0.2, 0.25) is 0 Å². The summed E-state index contributed by atoms with van der Waals surface area (Å²) < 4.78 is 42.9. The predicted octanol–water partition coefficient (Wildman–Crippen LogP) is 2.69. The smallest absolute Gasteiger partial charge is 0.475 e. The van der Waals surface area contributed by atoms with Gasteiger partial charge < -0.3 is 14.3 Å². The molecule has 0 aliphatic carbocycles. The van der Waals surface area contributed by atoms with Crippen molar-refractivity contribution in [3.05, 3.63) is 24.2 Å². The summed E-state index contributed by atoms with van der Waals surface area (Å²) in [7, 11) is 0. The lowest BCUT2D eigenvalue weighted by atomic mass is 9.78. The number of rotatable bonds is 3. The molecule has 8 nitrogen and oxygen atoms in total. The van der Waals surface area contributed by atoms with Crippen LogP contribution in [0.15, 0.2) is 23.0 Å². The fourth-order valence-electron chi connectivity index (χ4n) is 4.23. The summed E-state index contributed by atoms with van der Waals surface area (Å²) in [4.78, 5) is 29.9. The van der Waals surface area contributed by atoms with E-state index in [0.717, 1.165) is 51.9 Å². The minimum absolute atomic E-state index is 0.0222. The third-order valence-electron chi connectivity index (χ3n) is 5.75. The van der Waals surface area contributed by atoms with Crippen molar-refractivity contribution < 1.29 is 41.9 Å². The van der Waals surface area contributed by atoms with Crippen molar-refractivity contribution in [1.82, 2.24) is 9.96 Å². The third-order valence-corrected chi connectivity index (χ3v) is 5.75. The van der Waals surface area contributed by atoms with Crippen LogP contribution in [-0.4, -0.2) is 72.1 Å². The normalized spacial score (nSPS) is 27.1. The van der Waals surface area contributed by atoms with E-state index in [9.17, 15) is 18.0 Å². The highest BCUT2D eigenvalue weighted by Crippen LogP contribution is 2.35. The van der Waals surface area contributed by atoms with E-state index in [1.54, 1.807) is 17.6 Å². The minimum Gasteiger partial charge on any atom is -0.475 e. The van der Waals surface area contributed by atoms with E-state index in [2.05, 4.69) is 4.90 Å². The maximum atomic E-state index is 12.9. The van der Waals surface area contributed by atoms with Gasteiger partial charge in [0, 0.05) is 50.2 Å². The third kappa shape index (κ3) is 6.44. The quantitative estimate of drug-likeness (QED) is 0.760. The number of fused-ring (bicyclic) bond motifs is 1. The first-order valence-corrected chi connectivity index (χ1v) is 10.3. The maximum Gasteiger partial charge on any atom is 0.490 e. The number of hydrogen-bond donors (Lipinski definition) is 1. The molecule has 0 bridgehead atoms. The molecule has 4 heterocycles. The van der Waals surface area contributed by atoms with Crippen molar-refractivity contribution in [3.8, 4) is 0 Å². The van der Waals surface area contributed by atoms with Gasteiger partial charge in [0.2, 0.25) is 5.91 Å². The van der Waals surface area contributed by atoms with Crippen LogP contribution in [0.5, 0.6) is 0 Å². The van der Waals surface area contributed by atoms with Crippen LogP contribution in [0.25, 0.3) is 0 Å². The van der Waals surface area contributed by atoms with Crippen LogP contribution >= 0.6 is 0 Å². The molecule has 1 aromatic rings. The first-order valence-electron chi connectivity index (χ1n) is 10.3. The number of aliphatic carboxylic acids is 1. The van der Waals surface area contributed by atoms with Crippen molar-refractivity contribution in [2.45, 2.75) is 44.5 Å². The number of carboxylic acids is 1. The lowest BCUT2D eigenvalue weighted by molar-refractivity contribution is -0.209. The molecule has 0 aromatic carbocycles. The Labute approximate surface area is 177 Å². The molecule has 1 N–H and O–H groups in total. The Kier molecular flexibility index (Phi) is 7.95. The number of amides is 1. The van der Waals surface area contributed by atoms with E-state index >= 15 is 0 Å². The number of hydrogen-bond acceptors (Lipinski definition) is 6. The zero-order chi connectivity index (χ0) is 22.4. The average molecular weight is 448 g/mol. The molecule has 3 aliphatic heterocycles. The summed E-state index contributed by atoms with van der Waals surface area (Å²) in [5.41, 5.74) is 1.19. The molecule has 11 heteroatoms. The van der Waals surface area contributed by atoms with Crippen LogP contribution in [0.4, 0.5) is 13.2 Å². The highest BCUT2D eigenvalue weighted by atomic mass is 19.4. The fraction of sp³-hybridized carbons (Fsp3) is 0.700. The van der Waals surface area contributed by atoms with Gasteiger partial charge in [-0.15, -0.1) is 0 Å². The number of carboxylic acid groups (broad SMARTS) is 1. The Balaban J connectivity index is 0.000000339. The fourth-order valence-corrected chi connectivity index (χ4v) is 4.23. The van der Waals surface area contributed by atoms with Gasteiger partial charge in [-0.25, -0.2) is 9.86 Å². The maximum absolute atomic E-state index is 12.9. The summed E-state index contributed by atoms with van der Waals surface area (Å²) in [6.45, 7) is 4.86. The molecule has 4 rings (SSSR count). The number of ether oxygens (including phenoxy) is 1. The zero-order valence-corrected chi connectivity index (χ0v) is 17.1. The van der Waals surface area contributed by atoms with Crippen molar-refractivity contribution in [1.29, 1.82) is 0 Å². The summed E-state index contributed by atoms with van der Waals surface area (Å²) >= 11 is 0. The summed E-state index contributed by atoms with van der Waals surface area (Å²) in [6.07, 6.45) is 2.52. The summed E-state index contributed by atoms with van der Waals surface area (Å²) in [6, 6.07) is 2.01. The van der Waals surface area contributed by atoms with Gasteiger partial charge in [-0.05, 0) is 31.7 Å². The highest BCUT2D eigenvalue weighted by Gasteiger charge is 2.43. The molecule has 174 valence electrons.